The number of rotatable bonds is 4. The summed E-state index contributed by atoms with van der Waals surface area (Å²) >= 11 is 0. The highest BCUT2D eigenvalue weighted by molar-refractivity contribution is 5.96. The SMILES string of the molecule is COc1ccc(N2CC(c3nc(-c4ccc(C(C)(C)C)cc4)no3)CC2=O)cc1F. The number of anilines is 1. The number of ether oxygens (including phenoxy) is 1. The summed E-state index contributed by atoms with van der Waals surface area (Å²) in [4.78, 5) is 18.6. The molecule has 2 aromatic carbocycles. The largest absolute Gasteiger partial charge is 0.494 e. The summed E-state index contributed by atoms with van der Waals surface area (Å²) in [5.74, 6) is 0.184. The van der Waals surface area contributed by atoms with Crippen LogP contribution in [-0.2, 0) is 10.2 Å². The van der Waals surface area contributed by atoms with Crippen LogP contribution in [-0.4, -0.2) is 29.7 Å². The van der Waals surface area contributed by atoms with E-state index in [0.29, 0.717) is 23.9 Å². The molecule has 3 aromatic rings. The average molecular weight is 409 g/mol. The standard InChI is InChI=1S/C23H24FN3O3/c1-23(2,3)16-7-5-14(6-8-16)21-25-22(30-26-21)15-11-20(28)27(13-15)17-9-10-19(29-4)18(24)12-17/h5-10,12,15H,11,13H2,1-4H3. The van der Waals surface area contributed by atoms with Crippen LogP contribution in [0.25, 0.3) is 11.4 Å². The number of carbonyl (C=O) groups excluding carboxylic acids is 1. The van der Waals surface area contributed by atoms with Crippen molar-refractivity contribution in [2.75, 3.05) is 18.6 Å². The molecule has 1 amide bonds. The molecular weight excluding hydrogens is 385 g/mol. The zero-order chi connectivity index (χ0) is 21.5. The number of hydrogen-bond acceptors (Lipinski definition) is 5. The van der Waals surface area contributed by atoms with Crippen molar-refractivity contribution in [2.24, 2.45) is 0 Å². The first-order valence-electron chi connectivity index (χ1n) is 9.84. The van der Waals surface area contributed by atoms with Gasteiger partial charge in [0.25, 0.3) is 0 Å². The molecule has 0 saturated carbocycles. The zero-order valence-corrected chi connectivity index (χ0v) is 17.5. The van der Waals surface area contributed by atoms with Gasteiger partial charge >= 0.3 is 0 Å². The molecule has 4 rings (SSSR count). The third-order valence-corrected chi connectivity index (χ3v) is 5.37. The van der Waals surface area contributed by atoms with Gasteiger partial charge in [-0.3, -0.25) is 4.79 Å². The van der Waals surface area contributed by atoms with Gasteiger partial charge in [-0.15, -0.1) is 0 Å². The van der Waals surface area contributed by atoms with Crippen LogP contribution in [0.5, 0.6) is 5.75 Å². The Hall–Kier alpha value is -3.22. The van der Waals surface area contributed by atoms with Crippen LogP contribution in [0.15, 0.2) is 47.0 Å². The third kappa shape index (κ3) is 3.79. The Labute approximate surface area is 174 Å². The van der Waals surface area contributed by atoms with Gasteiger partial charge in [0.15, 0.2) is 11.6 Å². The van der Waals surface area contributed by atoms with Gasteiger partial charge in [-0.1, -0.05) is 50.2 Å². The summed E-state index contributed by atoms with van der Waals surface area (Å²) in [6.07, 6.45) is 0.234. The van der Waals surface area contributed by atoms with Crippen LogP contribution < -0.4 is 9.64 Å². The minimum atomic E-state index is -0.509. The lowest BCUT2D eigenvalue weighted by Crippen LogP contribution is -2.24. The Kier molecular flexibility index (Phi) is 5.05. The molecule has 0 N–H and O–H groups in total. The third-order valence-electron chi connectivity index (χ3n) is 5.37. The lowest BCUT2D eigenvalue weighted by atomic mass is 9.87. The van der Waals surface area contributed by atoms with Crippen LogP contribution in [0.3, 0.4) is 0 Å². The second-order valence-corrected chi connectivity index (χ2v) is 8.51. The van der Waals surface area contributed by atoms with Crippen molar-refractivity contribution >= 4 is 11.6 Å². The van der Waals surface area contributed by atoms with Crippen molar-refractivity contribution in [3.63, 3.8) is 0 Å². The van der Waals surface area contributed by atoms with Gasteiger partial charge in [-0.05, 0) is 23.1 Å². The molecule has 0 bridgehead atoms. The molecule has 0 spiro atoms. The maximum atomic E-state index is 14.0. The fourth-order valence-corrected chi connectivity index (χ4v) is 3.58. The van der Waals surface area contributed by atoms with Crippen molar-refractivity contribution < 1.29 is 18.4 Å². The molecule has 1 unspecified atom stereocenters. The van der Waals surface area contributed by atoms with Crippen LogP contribution in [0, 0.1) is 5.82 Å². The van der Waals surface area contributed by atoms with Gasteiger partial charge < -0.3 is 14.2 Å². The van der Waals surface area contributed by atoms with Crippen LogP contribution >= 0.6 is 0 Å². The van der Waals surface area contributed by atoms with E-state index in [2.05, 4.69) is 43.0 Å². The molecule has 1 aliphatic heterocycles. The lowest BCUT2D eigenvalue weighted by Gasteiger charge is -2.18. The first-order valence-corrected chi connectivity index (χ1v) is 9.84. The number of amides is 1. The summed E-state index contributed by atoms with van der Waals surface area (Å²) in [6.45, 7) is 6.83. The maximum Gasteiger partial charge on any atom is 0.232 e. The second kappa shape index (κ2) is 7.55. The fraction of sp³-hybridized carbons (Fsp3) is 0.348. The van der Waals surface area contributed by atoms with E-state index in [9.17, 15) is 9.18 Å². The number of methoxy groups -OCH3 is 1. The molecular formula is C23H24FN3O3. The van der Waals surface area contributed by atoms with Gasteiger partial charge in [-0.2, -0.15) is 4.98 Å². The quantitative estimate of drug-likeness (QED) is 0.625. The first kappa shape index (κ1) is 20.1. The van der Waals surface area contributed by atoms with E-state index in [1.54, 1.807) is 6.07 Å². The smallest absolute Gasteiger partial charge is 0.232 e. The molecule has 0 aliphatic carbocycles. The van der Waals surface area contributed by atoms with E-state index in [0.717, 1.165) is 5.56 Å². The summed E-state index contributed by atoms with van der Waals surface area (Å²) in [5.41, 5.74) is 2.63. The molecule has 30 heavy (non-hydrogen) atoms. The molecule has 6 nitrogen and oxygen atoms in total. The average Bonchev–Trinajstić information content (AvgIpc) is 3.34. The predicted octanol–water partition coefficient (Wildman–Crippen LogP) is 4.70. The summed E-state index contributed by atoms with van der Waals surface area (Å²) in [7, 11) is 1.40. The minimum Gasteiger partial charge on any atom is -0.494 e. The van der Waals surface area contributed by atoms with Crippen LogP contribution in [0.2, 0.25) is 0 Å². The van der Waals surface area contributed by atoms with Crippen LogP contribution in [0.1, 0.15) is 44.6 Å². The van der Waals surface area contributed by atoms with Crippen molar-refractivity contribution in [2.45, 2.75) is 38.5 Å². The number of aromatic nitrogens is 2. The van der Waals surface area contributed by atoms with E-state index >= 15 is 0 Å². The second-order valence-electron chi connectivity index (χ2n) is 8.51. The number of nitrogens with zero attached hydrogens (tertiary/aromatic N) is 3. The molecule has 1 atom stereocenters. The minimum absolute atomic E-state index is 0.0650. The fourth-order valence-electron chi connectivity index (χ4n) is 3.58. The predicted molar refractivity (Wildman–Crippen MR) is 111 cm³/mol. The Morgan fingerprint density at radius 3 is 2.53 bits per heavy atom. The molecule has 156 valence electrons. The van der Waals surface area contributed by atoms with E-state index in [4.69, 9.17) is 9.26 Å². The van der Waals surface area contributed by atoms with Gasteiger partial charge in [0.1, 0.15) is 0 Å². The van der Waals surface area contributed by atoms with Crippen molar-refractivity contribution in [1.82, 2.24) is 10.1 Å². The highest BCUT2D eigenvalue weighted by atomic mass is 19.1. The number of carbonyl (C=O) groups is 1. The Morgan fingerprint density at radius 1 is 1.17 bits per heavy atom. The molecule has 1 aliphatic rings. The van der Waals surface area contributed by atoms with Gasteiger partial charge in [-0.25, -0.2) is 4.39 Å². The molecule has 1 saturated heterocycles. The topological polar surface area (TPSA) is 68.5 Å². The van der Waals surface area contributed by atoms with Crippen molar-refractivity contribution in [3.8, 4) is 17.1 Å². The normalized spacial score (nSPS) is 16.9. The van der Waals surface area contributed by atoms with E-state index in [-0.39, 0.29) is 29.4 Å². The summed E-state index contributed by atoms with van der Waals surface area (Å²) in [6, 6.07) is 12.5. The Morgan fingerprint density at radius 2 is 1.90 bits per heavy atom. The van der Waals surface area contributed by atoms with Crippen LogP contribution in [0.4, 0.5) is 10.1 Å². The monoisotopic (exact) mass is 409 g/mol. The Bertz CT molecular complexity index is 1070. The number of hydrogen-bond donors (Lipinski definition) is 0. The number of benzene rings is 2. The highest BCUT2D eigenvalue weighted by Crippen LogP contribution is 2.34. The molecule has 1 aromatic heterocycles. The molecule has 7 heteroatoms. The van der Waals surface area contributed by atoms with E-state index < -0.39 is 5.82 Å². The molecule has 2 heterocycles. The Balaban J connectivity index is 1.52. The lowest BCUT2D eigenvalue weighted by molar-refractivity contribution is -0.117. The summed E-state index contributed by atoms with van der Waals surface area (Å²) in [5, 5.41) is 4.09. The van der Waals surface area contributed by atoms with Gasteiger partial charge in [0.2, 0.25) is 17.6 Å². The highest BCUT2D eigenvalue weighted by Gasteiger charge is 2.35. The summed E-state index contributed by atoms with van der Waals surface area (Å²) < 4.78 is 24.4. The van der Waals surface area contributed by atoms with E-state index in [1.807, 2.05) is 12.1 Å². The number of halogens is 1. The first-order chi connectivity index (χ1) is 14.3. The zero-order valence-electron chi connectivity index (χ0n) is 17.5. The van der Waals surface area contributed by atoms with Gasteiger partial charge in [0, 0.05) is 30.3 Å². The van der Waals surface area contributed by atoms with Gasteiger partial charge in [0.05, 0.1) is 13.0 Å². The van der Waals surface area contributed by atoms with E-state index in [1.165, 1.54) is 29.7 Å². The maximum absolute atomic E-state index is 14.0. The van der Waals surface area contributed by atoms with Crippen molar-refractivity contribution in [3.05, 3.63) is 59.7 Å². The molecule has 0 radical (unpaired) electrons. The van der Waals surface area contributed by atoms with Crippen molar-refractivity contribution in [1.29, 1.82) is 0 Å². The molecule has 1 fully saturated rings.